The molecule has 4 aliphatic rings. The molecule has 0 aromatic heterocycles. The summed E-state index contributed by atoms with van der Waals surface area (Å²) in [5.74, 6) is 0.497. The lowest BCUT2D eigenvalue weighted by Gasteiger charge is -2.53. The number of allylic oxidation sites excluding steroid dienone is 2. The van der Waals surface area contributed by atoms with E-state index in [2.05, 4.69) is 40.8 Å². The number of hydrogen-bond donors (Lipinski definition) is 0. The number of Topliss-reactive ketones (excluding diaryl/α,β-unsaturated/α-hetero) is 1. The highest BCUT2D eigenvalue weighted by Gasteiger charge is 2.81. The summed E-state index contributed by atoms with van der Waals surface area (Å²) >= 11 is 0. The number of hydrogen-bond acceptors (Lipinski definition) is 3. The molecule has 4 heteroatoms. The molecule has 0 aliphatic heterocycles. The van der Waals surface area contributed by atoms with E-state index < -0.39 is 13.7 Å². The van der Waals surface area contributed by atoms with Crippen LogP contribution >= 0.6 is 0 Å². The summed E-state index contributed by atoms with van der Waals surface area (Å²) in [5, 5.41) is 0.156. The highest BCUT2D eigenvalue weighted by molar-refractivity contribution is 6.74. The molecule has 0 unspecified atom stereocenters. The maximum atomic E-state index is 13.2. The molecule has 0 aromatic rings. The zero-order valence-corrected chi connectivity index (χ0v) is 18.5. The van der Waals surface area contributed by atoms with Crippen molar-refractivity contribution in [1.82, 2.24) is 0 Å². The molecule has 3 nitrogen and oxygen atoms in total. The zero-order chi connectivity index (χ0) is 19.3. The molecule has 4 rings (SSSR count). The van der Waals surface area contributed by atoms with Crippen LogP contribution in [-0.4, -0.2) is 25.5 Å². The Balaban J connectivity index is 1.78. The summed E-state index contributed by atoms with van der Waals surface area (Å²) in [4.78, 5) is 26.2. The van der Waals surface area contributed by atoms with Crippen LogP contribution in [0.15, 0.2) is 11.6 Å². The molecule has 144 valence electrons. The van der Waals surface area contributed by atoms with Gasteiger partial charge in [0.2, 0.25) is 0 Å². The average molecular weight is 375 g/mol. The minimum atomic E-state index is -1.93. The Labute approximate surface area is 159 Å². The molecule has 0 aromatic carbocycles. The van der Waals surface area contributed by atoms with E-state index in [0.717, 1.165) is 19.3 Å². The van der Waals surface area contributed by atoms with E-state index in [1.165, 1.54) is 12.8 Å². The van der Waals surface area contributed by atoms with Gasteiger partial charge >= 0.3 is 0 Å². The second kappa shape index (κ2) is 4.99. The topological polar surface area (TPSA) is 43.4 Å². The fourth-order valence-electron chi connectivity index (χ4n) is 6.57. The molecule has 26 heavy (non-hydrogen) atoms. The Morgan fingerprint density at radius 3 is 2.50 bits per heavy atom. The fraction of sp³-hybridized carbons (Fsp3) is 0.818. The summed E-state index contributed by atoms with van der Waals surface area (Å²) in [7, 11) is -1.93. The van der Waals surface area contributed by atoms with Crippen LogP contribution in [-0.2, 0) is 14.0 Å². The summed E-state index contributed by atoms with van der Waals surface area (Å²) in [6, 6.07) is 0. The first-order chi connectivity index (χ1) is 11.8. The van der Waals surface area contributed by atoms with E-state index in [4.69, 9.17) is 4.43 Å². The Hall–Kier alpha value is -0.743. The second-order valence-corrected chi connectivity index (χ2v) is 16.0. The highest BCUT2D eigenvalue weighted by atomic mass is 28.4. The lowest BCUT2D eigenvalue weighted by Crippen LogP contribution is -2.58. The van der Waals surface area contributed by atoms with Gasteiger partial charge in [-0.15, -0.1) is 0 Å². The van der Waals surface area contributed by atoms with Crippen molar-refractivity contribution in [1.29, 1.82) is 0 Å². The lowest BCUT2D eigenvalue weighted by atomic mass is 9.52. The van der Waals surface area contributed by atoms with Crippen molar-refractivity contribution in [3.63, 3.8) is 0 Å². The minimum Gasteiger partial charge on any atom is -0.411 e. The normalized spacial score (nSPS) is 45.0. The summed E-state index contributed by atoms with van der Waals surface area (Å²) < 4.78 is 7.07. The molecule has 0 N–H and O–H groups in total. The van der Waals surface area contributed by atoms with Gasteiger partial charge < -0.3 is 4.43 Å². The SMILES string of the molecule is CC1=CC(=O)[C@H]2C[C@]3(O[Si](C)(C)C(C)(C)C)C[C@@]34CCC[C@H]4[C@@]2(C)C1=O. The first-order valence-electron chi connectivity index (χ1n) is 10.3. The van der Waals surface area contributed by atoms with E-state index in [9.17, 15) is 9.59 Å². The minimum absolute atomic E-state index is 0.140. The van der Waals surface area contributed by atoms with Crippen molar-refractivity contribution in [3.8, 4) is 0 Å². The van der Waals surface area contributed by atoms with Gasteiger partial charge in [0, 0.05) is 16.7 Å². The van der Waals surface area contributed by atoms with E-state index in [-0.39, 0.29) is 33.5 Å². The van der Waals surface area contributed by atoms with Gasteiger partial charge in [-0.2, -0.15) is 0 Å². The predicted molar refractivity (Wildman–Crippen MR) is 105 cm³/mol. The second-order valence-electron chi connectivity index (χ2n) is 11.2. The Kier molecular flexibility index (Phi) is 3.57. The molecule has 0 heterocycles. The van der Waals surface area contributed by atoms with Crippen molar-refractivity contribution in [2.45, 2.75) is 90.5 Å². The Bertz CT molecular complexity index is 730. The van der Waals surface area contributed by atoms with Crippen molar-refractivity contribution in [3.05, 3.63) is 11.6 Å². The number of fused-ring (bicyclic) bond motifs is 2. The summed E-state index contributed by atoms with van der Waals surface area (Å²) in [5.41, 5.74) is 0.134. The Morgan fingerprint density at radius 1 is 1.23 bits per heavy atom. The van der Waals surface area contributed by atoms with E-state index in [1.54, 1.807) is 6.08 Å². The molecule has 5 atom stereocenters. The lowest BCUT2D eigenvalue weighted by molar-refractivity contribution is -0.150. The maximum Gasteiger partial charge on any atom is 0.192 e. The van der Waals surface area contributed by atoms with Gasteiger partial charge in [0.25, 0.3) is 0 Å². The van der Waals surface area contributed by atoms with Crippen LogP contribution in [0.2, 0.25) is 18.1 Å². The third-order valence-electron chi connectivity index (χ3n) is 8.95. The van der Waals surface area contributed by atoms with Crippen molar-refractivity contribution < 1.29 is 14.0 Å². The summed E-state index contributed by atoms with van der Waals surface area (Å²) in [6.45, 7) is 15.4. The van der Waals surface area contributed by atoms with E-state index in [1.807, 2.05) is 6.92 Å². The molecule has 0 bridgehead atoms. The van der Waals surface area contributed by atoms with Crippen LogP contribution in [0.5, 0.6) is 0 Å². The van der Waals surface area contributed by atoms with Crippen LogP contribution in [0.4, 0.5) is 0 Å². The first kappa shape index (κ1) is 18.6. The number of ketones is 2. The van der Waals surface area contributed by atoms with Gasteiger partial charge in [0.15, 0.2) is 19.9 Å². The number of carbonyl (C=O) groups is 2. The van der Waals surface area contributed by atoms with Gasteiger partial charge in [-0.1, -0.05) is 34.1 Å². The monoisotopic (exact) mass is 374 g/mol. The molecule has 3 fully saturated rings. The standard InChI is InChI=1S/C22H34O3Si/c1-14-11-16(23)15-12-22(25-26(6,7)19(2,3)4)13-21(22)10-8-9-17(21)20(15,5)18(14)24/h11,15,17H,8-10,12-13H2,1-7H3/t15-,17+,20+,21-,22+/m1/s1. The smallest absolute Gasteiger partial charge is 0.192 e. The third-order valence-corrected chi connectivity index (χ3v) is 13.5. The highest BCUT2D eigenvalue weighted by Crippen LogP contribution is 2.80. The molecule has 3 saturated carbocycles. The quantitative estimate of drug-likeness (QED) is 0.634. The molecule has 4 aliphatic carbocycles. The van der Waals surface area contributed by atoms with E-state index in [0.29, 0.717) is 11.5 Å². The molecule has 0 amide bonds. The van der Waals surface area contributed by atoms with Gasteiger partial charge in [-0.3, -0.25) is 9.59 Å². The molecule has 1 spiro atoms. The van der Waals surface area contributed by atoms with Crippen LogP contribution in [0.25, 0.3) is 0 Å². The predicted octanol–water partition coefficient (Wildman–Crippen LogP) is 5.06. The summed E-state index contributed by atoms with van der Waals surface area (Å²) in [6.07, 6.45) is 6.82. The third kappa shape index (κ3) is 2.03. The first-order valence-corrected chi connectivity index (χ1v) is 13.2. The molecular weight excluding hydrogens is 340 g/mol. The van der Waals surface area contributed by atoms with Crippen LogP contribution in [0.1, 0.15) is 66.7 Å². The molecular formula is C22H34O3Si. The van der Waals surface area contributed by atoms with Gasteiger partial charge in [0.05, 0.1) is 5.60 Å². The Morgan fingerprint density at radius 2 is 1.88 bits per heavy atom. The van der Waals surface area contributed by atoms with Crippen molar-refractivity contribution in [2.75, 3.05) is 0 Å². The van der Waals surface area contributed by atoms with Gasteiger partial charge in [-0.05, 0) is 68.3 Å². The van der Waals surface area contributed by atoms with Gasteiger partial charge in [-0.25, -0.2) is 0 Å². The number of rotatable bonds is 2. The van der Waals surface area contributed by atoms with Crippen molar-refractivity contribution in [2.24, 2.45) is 22.7 Å². The van der Waals surface area contributed by atoms with Gasteiger partial charge in [0.1, 0.15) is 0 Å². The van der Waals surface area contributed by atoms with Crippen molar-refractivity contribution >= 4 is 19.9 Å². The molecule has 0 radical (unpaired) electrons. The fourth-order valence-corrected chi connectivity index (χ4v) is 8.21. The average Bonchev–Trinajstić information content (AvgIpc) is 2.88. The zero-order valence-electron chi connectivity index (χ0n) is 17.5. The molecule has 0 saturated heterocycles. The number of carbonyl (C=O) groups excluding carboxylic acids is 2. The van der Waals surface area contributed by atoms with Crippen LogP contribution in [0.3, 0.4) is 0 Å². The maximum absolute atomic E-state index is 13.2. The van der Waals surface area contributed by atoms with E-state index >= 15 is 0 Å². The van der Waals surface area contributed by atoms with Crippen LogP contribution < -0.4 is 0 Å². The van der Waals surface area contributed by atoms with Crippen LogP contribution in [0, 0.1) is 22.7 Å². The largest absolute Gasteiger partial charge is 0.411 e.